The zero-order valence-electron chi connectivity index (χ0n) is 12.9. The van der Waals surface area contributed by atoms with Crippen LogP contribution in [0, 0.1) is 0 Å². The zero-order chi connectivity index (χ0) is 15.8. The van der Waals surface area contributed by atoms with Gasteiger partial charge in [-0.3, -0.25) is 0 Å². The summed E-state index contributed by atoms with van der Waals surface area (Å²) in [6.45, 7) is 0.787. The van der Waals surface area contributed by atoms with Crippen molar-refractivity contribution in [2.24, 2.45) is 5.73 Å². The predicted octanol–water partition coefficient (Wildman–Crippen LogP) is 2.93. The fourth-order valence-electron chi connectivity index (χ4n) is 2.51. The molecule has 2 rings (SSSR count). The van der Waals surface area contributed by atoms with E-state index in [0.717, 1.165) is 42.4 Å². The molecule has 0 aliphatic rings. The molecular weight excluding hydrogens is 274 g/mol. The maximum absolute atomic E-state index is 10.4. The van der Waals surface area contributed by atoms with Crippen molar-refractivity contribution in [3.8, 4) is 0 Å². The number of hydrogen-bond donors (Lipinski definition) is 3. The molecule has 2 aromatic carbocycles. The molecule has 3 nitrogen and oxygen atoms in total. The van der Waals surface area contributed by atoms with Crippen molar-refractivity contribution in [1.82, 2.24) is 0 Å². The molecule has 0 aliphatic carbocycles. The lowest BCUT2D eigenvalue weighted by atomic mass is 9.98. The van der Waals surface area contributed by atoms with E-state index in [2.05, 4.69) is 12.1 Å². The van der Waals surface area contributed by atoms with Crippen LogP contribution in [0.3, 0.4) is 0 Å². The monoisotopic (exact) mass is 299 g/mol. The number of unbranched alkanes of at least 4 members (excludes halogenated alkanes) is 2. The lowest BCUT2D eigenvalue weighted by Gasteiger charge is -2.13. The fourth-order valence-corrected chi connectivity index (χ4v) is 2.51. The first-order chi connectivity index (χ1) is 10.7. The van der Waals surface area contributed by atoms with Gasteiger partial charge in [-0.2, -0.15) is 0 Å². The average Bonchev–Trinajstić information content (AvgIpc) is 2.59. The number of aliphatic hydroxyl groups is 2. The van der Waals surface area contributed by atoms with Gasteiger partial charge in [0, 0.05) is 13.2 Å². The summed E-state index contributed by atoms with van der Waals surface area (Å²) in [5.41, 5.74) is 9.71. The zero-order valence-corrected chi connectivity index (χ0v) is 12.9. The molecule has 0 aromatic heterocycles. The molecule has 1 atom stereocenters. The van der Waals surface area contributed by atoms with Gasteiger partial charge in [0.2, 0.25) is 0 Å². The number of rotatable bonds is 8. The smallest absolute Gasteiger partial charge is 0.104 e. The van der Waals surface area contributed by atoms with E-state index in [1.165, 1.54) is 5.56 Å². The van der Waals surface area contributed by atoms with Gasteiger partial charge in [-0.15, -0.1) is 0 Å². The van der Waals surface area contributed by atoms with Crippen LogP contribution in [0.4, 0.5) is 0 Å². The van der Waals surface area contributed by atoms with Crippen LogP contribution in [-0.2, 0) is 13.0 Å². The summed E-state index contributed by atoms with van der Waals surface area (Å²) in [5.74, 6) is 0. The van der Waals surface area contributed by atoms with Gasteiger partial charge in [0.05, 0.1) is 0 Å². The first kappa shape index (κ1) is 16.7. The minimum absolute atomic E-state index is 0.272. The van der Waals surface area contributed by atoms with Crippen molar-refractivity contribution >= 4 is 0 Å². The number of benzene rings is 2. The quantitative estimate of drug-likeness (QED) is 0.657. The normalized spacial score (nSPS) is 12.3. The molecule has 1 unspecified atom stereocenters. The SMILES string of the molecule is NCc1ccc(C(O)c2ccc(CCCCCO)cc2)cc1. The maximum atomic E-state index is 10.4. The summed E-state index contributed by atoms with van der Waals surface area (Å²) in [6.07, 6.45) is 3.42. The third kappa shape index (κ3) is 4.67. The van der Waals surface area contributed by atoms with Crippen molar-refractivity contribution in [2.75, 3.05) is 6.61 Å². The topological polar surface area (TPSA) is 66.5 Å². The number of aliphatic hydroxyl groups excluding tert-OH is 2. The number of nitrogens with two attached hydrogens (primary N) is 1. The molecule has 0 saturated carbocycles. The Morgan fingerprint density at radius 1 is 0.773 bits per heavy atom. The molecule has 0 aliphatic heterocycles. The van der Waals surface area contributed by atoms with Gasteiger partial charge in [0.15, 0.2) is 0 Å². The maximum Gasteiger partial charge on any atom is 0.104 e. The second-order valence-electron chi connectivity index (χ2n) is 5.62. The second-order valence-corrected chi connectivity index (χ2v) is 5.62. The van der Waals surface area contributed by atoms with Crippen LogP contribution in [-0.4, -0.2) is 16.8 Å². The van der Waals surface area contributed by atoms with E-state index >= 15 is 0 Å². The number of hydrogen-bond acceptors (Lipinski definition) is 3. The Morgan fingerprint density at radius 2 is 1.32 bits per heavy atom. The highest BCUT2D eigenvalue weighted by Gasteiger charge is 2.10. The van der Waals surface area contributed by atoms with Crippen LogP contribution in [0.25, 0.3) is 0 Å². The molecule has 22 heavy (non-hydrogen) atoms. The molecule has 0 spiro atoms. The Balaban J connectivity index is 1.96. The summed E-state index contributed by atoms with van der Waals surface area (Å²) in [7, 11) is 0. The highest BCUT2D eigenvalue weighted by Crippen LogP contribution is 2.23. The molecule has 3 heteroatoms. The molecule has 4 N–H and O–H groups in total. The van der Waals surface area contributed by atoms with E-state index in [-0.39, 0.29) is 6.61 Å². The third-order valence-electron chi connectivity index (χ3n) is 3.95. The Bertz CT molecular complexity index is 549. The lowest BCUT2D eigenvalue weighted by Crippen LogP contribution is -2.01. The highest BCUT2D eigenvalue weighted by atomic mass is 16.3. The first-order valence-electron chi connectivity index (χ1n) is 7.91. The van der Waals surface area contributed by atoms with Gasteiger partial charge in [-0.05, 0) is 41.5 Å². The number of aryl methyl sites for hydroxylation is 1. The average molecular weight is 299 g/mol. The minimum Gasteiger partial charge on any atom is -0.396 e. The second kappa shape index (κ2) is 8.69. The summed E-state index contributed by atoms with van der Waals surface area (Å²) in [4.78, 5) is 0. The Hall–Kier alpha value is -1.68. The molecule has 0 fully saturated rings. The van der Waals surface area contributed by atoms with Gasteiger partial charge < -0.3 is 15.9 Å². The van der Waals surface area contributed by atoms with E-state index < -0.39 is 6.10 Å². The van der Waals surface area contributed by atoms with Crippen molar-refractivity contribution in [1.29, 1.82) is 0 Å². The largest absolute Gasteiger partial charge is 0.396 e. The van der Waals surface area contributed by atoms with Gasteiger partial charge in [0.1, 0.15) is 6.10 Å². The molecule has 0 saturated heterocycles. The van der Waals surface area contributed by atoms with Crippen LogP contribution in [0.15, 0.2) is 48.5 Å². The van der Waals surface area contributed by atoms with Crippen molar-refractivity contribution in [2.45, 2.75) is 38.3 Å². The van der Waals surface area contributed by atoms with Crippen LogP contribution in [0.5, 0.6) is 0 Å². The fraction of sp³-hybridized carbons (Fsp3) is 0.368. The molecular formula is C19H25NO2. The standard InChI is InChI=1S/C19H25NO2/c20-14-16-7-11-18(12-8-16)19(22)17-9-5-15(6-10-17)4-2-1-3-13-21/h5-12,19,21-22H,1-4,13-14,20H2. The Morgan fingerprint density at radius 3 is 1.82 bits per heavy atom. The van der Waals surface area contributed by atoms with Crippen molar-refractivity contribution in [3.05, 3.63) is 70.8 Å². The predicted molar refractivity (Wildman–Crippen MR) is 89.5 cm³/mol. The van der Waals surface area contributed by atoms with E-state index in [1.807, 2.05) is 36.4 Å². The lowest BCUT2D eigenvalue weighted by molar-refractivity contribution is 0.220. The summed E-state index contributed by atoms with van der Waals surface area (Å²) >= 11 is 0. The Kier molecular flexibility index (Phi) is 6.59. The van der Waals surface area contributed by atoms with Gasteiger partial charge in [-0.25, -0.2) is 0 Å². The van der Waals surface area contributed by atoms with Gasteiger partial charge in [0.25, 0.3) is 0 Å². The van der Waals surface area contributed by atoms with E-state index in [0.29, 0.717) is 6.54 Å². The molecule has 2 aromatic rings. The van der Waals surface area contributed by atoms with Crippen LogP contribution >= 0.6 is 0 Å². The molecule has 0 bridgehead atoms. The molecule has 118 valence electrons. The molecule has 0 heterocycles. The third-order valence-corrected chi connectivity index (χ3v) is 3.95. The van der Waals surface area contributed by atoms with Crippen molar-refractivity contribution < 1.29 is 10.2 Å². The highest BCUT2D eigenvalue weighted by molar-refractivity contribution is 5.33. The van der Waals surface area contributed by atoms with E-state index in [1.54, 1.807) is 0 Å². The van der Waals surface area contributed by atoms with Crippen LogP contribution in [0.2, 0.25) is 0 Å². The van der Waals surface area contributed by atoms with Crippen molar-refractivity contribution in [3.63, 3.8) is 0 Å². The van der Waals surface area contributed by atoms with E-state index in [4.69, 9.17) is 10.8 Å². The summed E-state index contributed by atoms with van der Waals surface area (Å²) < 4.78 is 0. The van der Waals surface area contributed by atoms with Crippen LogP contribution in [0.1, 0.15) is 47.6 Å². The first-order valence-corrected chi connectivity index (χ1v) is 7.91. The van der Waals surface area contributed by atoms with Gasteiger partial charge in [-0.1, -0.05) is 55.0 Å². The summed E-state index contributed by atoms with van der Waals surface area (Å²) in [5, 5.41) is 19.2. The van der Waals surface area contributed by atoms with Crippen LogP contribution < -0.4 is 5.73 Å². The minimum atomic E-state index is -0.602. The molecule has 0 amide bonds. The van der Waals surface area contributed by atoms with Gasteiger partial charge >= 0.3 is 0 Å². The Labute approximate surface area is 132 Å². The van der Waals surface area contributed by atoms with E-state index in [9.17, 15) is 5.11 Å². The molecule has 0 radical (unpaired) electrons. The summed E-state index contributed by atoms with van der Waals surface area (Å²) in [6, 6.07) is 15.9.